The molecule has 0 radical (unpaired) electrons. The zero-order valence-corrected chi connectivity index (χ0v) is 20.4. The van der Waals surface area contributed by atoms with Crippen molar-refractivity contribution >= 4 is 22.8 Å². The van der Waals surface area contributed by atoms with Gasteiger partial charge in [-0.25, -0.2) is 13.8 Å². The largest absolute Gasteiger partial charge is 0.491 e. The first-order chi connectivity index (χ1) is 17.3. The molecular weight excluding hydrogens is 500 g/mol. The number of H-pyrrole nitrogens is 1. The van der Waals surface area contributed by atoms with Crippen LogP contribution in [0.5, 0.6) is 11.8 Å². The molecule has 9 nitrogen and oxygen atoms in total. The topological polar surface area (TPSA) is 108 Å². The zero-order valence-electron chi connectivity index (χ0n) is 19.7. The Labute approximate surface area is 210 Å². The first-order valence-electron chi connectivity index (χ1n) is 11.6. The number of aliphatic hydroxyl groups is 1. The van der Waals surface area contributed by atoms with Crippen LogP contribution in [0.3, 0.4) is 0 Å². The first kappa shape index (κ1) is 25.1. The third-order valence-corrected chi connectivity index (χ3v) is 6.66. The predicted molar refractivity (Wildman–Crippen MR) is 125 cm³/mol. The van der Waals surface area contributed by atoms with Crippen molar-refractivity contribution in [1.82, 2.24) is 15.0 Å². The number of nitrogens with one attached hydrogen (secondary N) is 1. The molecule has 5 atom stereocenters. The van der Waals surface area contributed by atoms with Crippen molar-refractivity contribution in [3.8, 4) is 11.8 Å². The van der Waals surface area contributed by atoms with Crippen LogP contribution in [-0.2, 0) is 27.1 Å². The number of rotatable bonds is 9. The van der Waals surface area contributed by atoms with Crippen LogP contribution in [0.2, 0.25) is 5.02 Å². The summed E-state index contributed by atoms with van der Waals surface area (Å²) in [5.74, 6) is -1.33. The molecular formula is C24H26ClF2N3O6. The average molecular weight is 526 g/mol. The number of pyridine rings is 1. The van der Waals surface area contributed by atoms with Gasteiger partial charge in [-0.15, -0.1) is 0 Å². The summed E-state index contributed by atoms with van der Waals surface area (Å²) in [6.07, 6.45) is -1.89. The van der Waals surface area contributed by atoms with E-state index >= 15 is 0 Å². The fourth-order valence-corrected chi connectivity index (χ4v) is 4.52. The Kier molecular flexibility index (Phi) is 7.27. The Bertz CT molecular complexity index is 1220. The molecule has 0 amide bonds. The van der Waals surface area contributed by atoms with E-state index in [2.05, 4.69) is 15.0 Å². The lowest BCUT2D eigenvalue weighted by Gasteiger charge is -2.15. The van der Waals surface area contributed by atoms with Crippen LogP contribution in [0.15, 0.2) is 18.2 Å². The molecule has 2 aliphatic rings. The Morgan fingerprint density at radius 3 is 2.64 bits per heavy atom. The molecule has 5 rings (SSSR count). The molecule has 0 aliphatic carbocycles. The van der Waals surface area contributed by atoms with Gasteiger partial charge in [-0.3, -0.25) is 0 Å². The number of methoxy groups -OCH3 is 1. The number of halogens is 3. The van der Waals surface area contributed by atoms with Gasteiger partial charge in [0.25, 0.3) is 6.01 Å². The van der Waals surface area contributed by atoms with Gasteiger partial charge in [-0.05, 0) is 25.8 Å². The summed E-state index contributed by atoms with van der Waals surface area (Å²) in [5.41, 5.74) is 1.26. The second-order valence-corrected chi connectivity index (χ2v) is 9.28. The molecule has 4 heterocycles. The molecule has 36 heavy (non-hydrogen) atoms. The number of hydrogen-bond donors (Lipinski definition) is 2. The van der Waals surface area contributed by atoms with Gasteiger partial charge < -0.3 is 33.8 Å². The van der Waals surface area contributed by atoms with Crippen molar-refractivity contribution in [2.75, 3.05) is 26.9 Å². The van der Waals surface area contributed by atoms with Crippen LogP contribution in [0.1, 0.15) is 18.2 Å². The quantitative estimate of drug-likeness (QED) is 0.439. The van der Waals surface area contributed by atoms with Gasteiger partial charge in [-0.1, -0.05) is 11.6 Å². The minimum Gasteiger partial charge on any atom is -0.491 e. The van der Waals surface area contributed by atoms with Crippen LogP contribution in [0.4, 0.5) is 8.78 Å². The highest BCUT2D eigenvalue weighted by Gasteiger charge is 2.48. The van der Waals surface area contributed by atoms with Gasteiger partial charge in [0.1, 0.15) is 42.3 Å². The van der Waals surface area contributed by atoms with E-state index in [1.165, 1.54) is 7.11 Å². The predicted octanol–water partition coefficient (Wildman–Crippen LogP) is 2.99. The van der Waals surface area contributed by atoms with Gasteiger partial charge in [0.05, 0.1) is 35.6 Å². The Morgan fingerprint density at radius 2 is 1.89 bits per heavy atom. The van der Waals surface area contributed by atoms with Gasteiger partial charge in [-0.2, -0.15) is 4.98 Å². The molecule has 0 bridgehead atoms. The van der Waals surface area contributed by atoms with Crippen LogP contribution < -0.4 is 9.47 Å². The highest BCUT2D eigenvalue weighted by atomic mass is 35.5. The zero-order chi connectivity index (χ0) is 25.4. The smallest absolute Gasteiger partial charge is 0.296 e. The molecule has 0 spiro atoms. The average Bonchev–Trinajstić information content (AvgIpc) is 3.53. The summed E-state index contributed by atoms with van der Waals surface area (Å²) >= 11 is 6.39. The van der Waals surface area contributed by atoms with E-state index in [0.717, 1.165) is 12.1 Å². The molecule has 2 N–H and O–H groups in total. The number of aryl methyl sites for hydroxylation is 1. The van der Waals surface area contributed by atoms with E-state index < -0.39 is 29.9 Å². The standard InChI is InChI=1S/C24H26ClF2N3O6/c1-11(32-2)8-33-12-5-15(26)13(16(27)6-12)3-4-17-14(25)7-18-23(28-17)30-24(29-18)36-20-10-35-21-19(31)9-34-22(20)21/h5-7,11,19-22,31H,3-4,8-10H2,1-2H3,(H,28,29,30)/t11?,19-,20-,21-,22-/m1/s1. The van der Waals surface area contributed by atoms with Gasteiger partial charge >= 0.3 is 0 Å². The van der Waals surface area contributed by atoms with Gasteiger partial charge in [0.2, 0.25) is 0 Å². The van der Waals surface area contributed by atoms with E-state index in [9.17, 15) is 13.9 Å². The molecule has 2 aliphatic heterocycles. The SMILES string of the molecule is COC(C)COc1cc(F)c(CCc2nc3nc(O[C@@H]4CO[C@H]5[C@@H]4OC[C@H]5O)[nH]c3cc2Cl)c(F)c1. The second-order valence-electron chi connectivity index (χ2n) is 8.87. The van der Waals surface area contributed by atoms with Crippen LogP contribution in [0, 0.1) is 11.6 Å². The fourth-order valence-electron chi connectivity index (χ4n) is 4.28. The van der Waals surface area contributed by atoms with Gasteiger partial charge in [0.15, 0.2) is 11.8 Å². The van der Waals surface area contributed by atoms with E-state index in [1.54, 1.807) is 13.0 Å². The monoisotopic (exact) mass is 525 g/mol. The van der Waals surface area contributed by atoms with Crippen LogP contribution in [0.25, 0.3) is 11.2 Å². The molecule has 12 heteroatoms. The summed E-state index contributed by atoms with van der Waals surface area (Å²) in [6.45, 7) is 2.42. The Balaban J connectivity index is 1.26. The Morgan fingerprint density at radius 1 is 1.14 bits per heavy atom. The normalized spacial score (nSPS) is 24.3. The third-order valence-electron chi connectivity index (χ3n) is 6.34. The maximum absolute atomic E-state index is 14.6. The summed E-state index contributed by atoms with van der Waals surface area (Å²) in [5, 5.41) is 10.2. The number of nitrogens with zero attached hydrogens (tertiary/aromatic N) is 2. The van der Waals surface area contributed by atoms with Crippen molar-refractivity contribution in [3.63, 3.8) is 0 Å². The number of aromatic nitrogens is 3. The van der Waals surface area contributed by atoms with Gasteiger partial charge in [0, 0.05) is 24.8 Å². The lowest BCUT2D eigenvalue weighted by molar-refractivity contribution is 0.00706. The highest BCUT2D eigenvalue weighted by molar-refractivity contribution is 6.31. The molecule has 2 aromatic heterocycles. The van der Waals surface area contributed by atoms with E-state index in [1.807, 2.05) is 0 Å². The number of aliphatic hydroxyl groups excluding tert-OH is 1. The first-order valence-corrected chi connectivity index (χ1v) is 12.0. The highest BCUT2D eigenvalue weighted by Crippen LogP contribution is 2.30. The Hall–Kier alpha value is -2.57. The maximum Gasteiger partial charge on any atom is 0.296 e. The summed E-state index contributed by atoms with van der Waals surface area (Å²) in [6, 6.07) is 4.16. The van der Waals surface area contributed by atoms with Crippen molar-refractivity contribution in [1.29, 1.82) is 0 Å². The summed E-state index contributed by atoms with van der Waals surface area (Å²) in [4.78, 5) is 11.8. The number of aromatic amines is 1. The lowest BCUT2D eigenvalue weighted by Crippen LogP contribution is -2.34. The van der Waals surface area contributed by atoms with Crippen molar-refractivity contribution in [3.05, 3.63) is 46.1 Å². The molecule has 1 unspecified atom stereocenters. The maximum atomic E-state index is 14.6. The summed E-state index contributed by atoms with van der Waals surface area (Å²) < 4.78 is 56.7. The van der Waals surface area contributed by atoms with Crippen LogP contribution >= 0.6 is 11.6 Å². The van der Waals surface area contributed by atoms with E-state index in [0.29, 0.717) is 21.9 Å². The lowest BCUT2D eigenvalue weighted by atomic mass is 10.1. The van der Waals surface area contributed by atoms with E-state index in [4.69, 9.17) is 35.3 Å². The minimum absolute atomic E-state index is 0.0422. The van der Waals surface area contributed by atoms with Crippen molar-refractivity contribution in [2.24, 2.45) is 0 Å². The summed E-state index contributed by atoms with van der Waals surface area (Å²) in [7, 11) is 1.53. The fraction of sp³-hybridized carbons (Fsp3) is 0.500. The molecule has 2 saturated heterocycles. The third kappa shape index (κ3) is 5.12. The van der Waals surface area contributed by atoms with Crippen molar-refractivity contribution < 1.29 is 37.6 Å². The minimum atomic E-state index is -0.709. The number of ether oxygens (including phenoxy) is 5. The number of benzene rings is 1. The number of imidazole rings is 1. The second kappa shape index (κ2) is 10.4. The van der Waals surface area contributed by atoms with E-state index in [-0.39, 0.29) is 62.2 Å². The number of hydrogen-bond acceptors (Lipinski definition) is 8. The molecule has 2 fully saturated rings. The molecule has 3 aromatic rings. The van der Waals surface area contributed by atoms with Crippen molar-refractivity contribution in [2.45, 2.75) is 50.3 Å². The molecule has 1 aromatic carbocycles. The molecule has 0 saturated carbocycles. The van der Waals surface area contributed by atoms with Crippen LogP contribution in [-0.4, -0.2) is 77.5 Å². The number of fused-ring (bicyclic) bond motifs is 2. The molecule has 194 valence electrons.